The van der Waals surface area contributed by atoms with Gasteiger partial charge in [-0.05, 0) is 22.9 Å². The van der Waals surface area contributed by atoms with Crippen molar-refractivity contribution in [3.05, 3.63) is 23.2 Å². The molecule has 6 heteroatoms. The first kappa shape index (κ1) is 12.3. The average molecular weight is 299 g/mol. The zero-order valence-corrected chi connectivity index (χ0v) is 11.7. The maximum atomic E-state index is 5.16. The van der Waals surface area contributed by atoms with Crippen LogP contribution in [0.2, 0.25) is 0 Å². The van der Waals surface area contributed by atoms with Gasteiger partial charge in [-0.25, -0.2) is 9.97 Å². The number of anilines is 1. The fourth-order valence-corrected chi connectivity index (χ4v) is 2.07. The summed E-state index contributed by atoms with van der Waals surface area (Å²) in [6, 6.07) is 0.238. The first-order valence-corrected chi connectivity index (χ1v) is 6.13. The topological polar surface area (TPSA) is 42.7 Å². The maximum absolute atomic E-state index is 5.16. The molecule has 5 nitrogen and oxygen atoms in total. The second kappa shape index (κ2) is 5.01. The summed E-state index contributed by atoms with van der Waals surface area (Å²) in [7, 11) is 3.69. The lowest BCUT2D eigenvalue weighted by Crippen LogP contribution is -2.33. The van der Waals surface area contributed by atoms with Crippen molar-refractivity contribution in [3.63, 3.8) is 0 Å². The number of nitrogens with zero attached hydrogens (tertiary/aromatic N) is 4. The van der Waals surface area contributed by atoms with Gasteiger partial charge in [0.2, 0.25) is 0 Å². The SMILES string of the molecule is COCC(C)N(C)c1nc(Br)cn2ccnc12. The van der Waals surface area contributed by atoms with Crippen LogP contribution in [0.25, 0.3) is 5.65 Å². The van der Waals surface area contributed by atoms with Crippen LogP contribution in [0.15, 0.2) is 23.2 Å². The molecule has 92 valence electrons. The van der Waals surface area contributed by atoms with E-state index in [9.17, 15) is 0 Å². The third-order valence-electron chi connectivity index (χ3n) is 2.73. The van der Waals surface area contributed by atoms with Gasteiger partial charge in [0.25, 0.3) is 0 Å². The molecule has 2 aromatic rings. The predicted octanol–water partition coefficient (Wildman–Crippen LogP) is 1.96. The molecule has 0 amide bonds. The molecule has 0 aliphatic heterocycles. The number of likely N-dealkylation sites (N-methyl/N-ethyl adjacent to an activating group) is 1. The monoisotopic (exact) mass is 298 g/mol. The lowest BCUT2D eigenvalue weighted by molar-refractivity contribution is 0.183. The maximum Gasteiger partial charge on any atom is 0.180 e. The third kappa shape index (κ3) is 2.42. The molecule has 0 saturated heterocycles. The van der Waals surface area contributed by atoms with E-state index in [4.69, 9.17) is 4.74 Å². The van der Waals surface area contributed by atoms with Crippen LogP contribution < -0.4 is 4.90 Å². The molecule has 1 atom stereocenters. The summed E-state index contributed by atoms with van der Waals surface area (Å²) in [5.41, 5.74) is 0.846. The minimum absolute atomic E-state index is 0.238. The van der Waals surface area contributed by atoms with Gasteiger partial charge < -0.3 is 14.0 Å². The number of methoxy groups -OCH3 is 1. The number of imidazole rings is 1. The number of ether oxygens (including phenoxy) is 1. The molecule has 0 saturated carbocycles. The smallest absolute Gasteiger partial charge is 0.180 e. The molecule has 0 aliphatic rings. The van der Waals surface area contributed by atoms with Crippen LogP contribution in [0.5, 0.6) is 0 Å². The molecule has 2 rings (SSSR count). The lowest BCUT2D eigenvalue weighted by atomic mass is 10.3. The minimum Gasteiger partial charge on any atom is -0.383 e. The highest BCUT2D eigenvalue weighted by atomic mass is 79.9. The van der Waals surface area contributed by atoms with Gasteiger partial charge in [0.1, 0.15) is 4.60 Å². The van der Waals surface area contributed by atoms with E-state index < -0.39 is 0 Å². The van der Waals surface area contributed by atoms with Crippen molar-refractivity contribution >= 4 is 27.4 Å². The van der Waals surface area contributed by atoms with E-state index in [1.165, 1.54) is 0 Å². The van der Waals surface area contributed by atoms with Crippen molar-refractivity contribution in [3.8, 4) is 0 Å². The summed E-state index contributed by atoms with van der Waals surface area (Å²) in [6.07, 6.45) is 5.56. The highest BCUT2D eigenvalue weighted by Crippen LogP contribution is 2.21. The summed E-state index contributed by atoms with van der Waals surface area (Å²) in [6.45, 7) is 2.74. The number of fused-ring (bicyclic) bond motifs is 1. The van der Waals surface area contributed by atoms with Crippen molar-refractivity contribution in [1.82, 2.24) is 14.4 Å². The van der Waals surface area contributed by atoms with Gasteiger partial charge in [0.05, 0.1) is 12.6 Å². The summed E-state index contributed by atoms with van der Waals surface area (Å²) in [4.78, 5) is 10.9. The molecule has 0 aliphatic carbocycles. The number of hydrogen-bond donors (Lipinski definition) is 0. The van der Waals surface area contributed by atoms with Gasteiger partial charge in [-0.1, -0.05) is 0 Å². The Morgan fingerprint density at radius 1 is 1.59 bits per heavy atom. The van der Waals surface area contributed by atoms with Crippen LogP contribution in [0, 0.1) is 0 Å². The van der Waals surface area contributed by atoms with E-state index in [1.807, 2.05) is 23.8 Å². The van der Waals surface area contributed by atoms with Crippen molar-refractivity contribution < 1.29 is 4.74 Å². The Morgan fingerprint density at radius 2 is 2.35 bits per heavy atom. The number of halogens is 1. The summed E-state index contributed by atoms with van der Waals surface area (Å²) in [5, 5.41) is 0. The van der Waals surface area contributed by atoms with Crippen LogP contribution in [0.4, 0.5) is 5.82 Å². The van der Waals surface area contributed by atoms with Gasteiger partial charge in [-0.15, -0.1) is 0 Å². The summed E-state index contributed by atoms with van der Waals surface area (Å²) in [5.74, 6) is 0.842. The highest BCUT2D eigenvalue weighted by Gasteiger charge is 2.16. The zero-order valence-electron chi connectivity index (χ0n) is 10.1. The van der Waals surface area contributed by atoms with Crippen LogP contribution in [-0.4, -0.2) is 41.2 Å². The Balaban J connectivity index is 2.43. The molecule has 0 N–H and O–H groups in total. The number of aromatic nitrogens is 3. The lowest BCUT2D eigenvalue weighted by Gasteiger charge is -2.25. The van der Waals surface area contributed by atoms with Gasteiger partial charge in [-0.3, -0.25) is 0 Å². The predicted molar refractivity (Wildman–Crippen MR) is 70.4 cm³/mol. The van der Waals surface area contributed by atoms with E-state index in [2.05, 4.69) is 37.7 Å². The van der Waals surface area contributed by atoms with Crippen LogP contribution in [0.1, 0.15) is 6.92 Å². The molecule has 0 spiro atoms. The largest absolute Gasteiger partial charge is 0.383 e. The van der Waals surface area contributed by atoms with Gasteiger partial charge >= 0.3 is 0 Å². The van der Waals surface area contributed by atoms with Gasteiger partial charge in [-0.2, -0.15) is 0 Å². The fraction of sp³-hybridized carbons (Fsp3) is 0.455. The second-order valence-corrected chi connectivity index (χ2v) is 4.77. The molecule has 0 fully saturated rings. The Kier molecular flexibility index (Phi) is 3.63. The Bertz CT molecular complexity index is 513. The first-order chi connectivity index (χ1) is 8.13. The first-order valence-electron chi connectivity index (χ1n) is 5.34. The summed E-state index contributed by atoms with van der Waals surface area (Å²) < 4.78 is 7.90. The Hall–Kier alpha value is -1.14. The summed E-state index contributed by atoms with van der Waals surface area (Å²) >= 11 is 3.41. The van der Waals surface area contributed by atoms with Crippen molar-refractivity contribution in [2.75, 3.05) is 25.7 Å². The quantitative estimate of drug-likeness (QED) is 0.865. The van der Waals surface area contributed by atoms with Crippen LogP contribution in [-0.2, 0) is 4.74 Å². The number of rotatable bonds is 4. The fourth-order valence-electron chi connectivity index (χ4n) is 1.68. The standard InChI is InChI=1S/C11H15BrN4O/c1-8(7-17-3)15(2)11-10-13-4-5-16(10)6-9(12)14-11/h4-6,8H,7H2,1-3H3. The van der Waals surface area contributed by atoms with Crippen molar-refractivity contribution in [2.24, 2.45) is 0 Å². The molecule has 1 unspecified atom stereocenters. The molecule has 2 aromatic heterocycles. The van der Waals surface area contributed by atoms with E-state index in [-0.39, 0.29) is 6.04 Å². The van der Waals surface area contributed by atoms with Gasteiger partial charge in [0, 0.05) is 32.7 Å². The normalized spacial score (nSPS) is 12.9. The van der Waals surface area contributed by atoms with Crippen LogP contribution >= 0.6 is 15.9 Å². The Labute approximate surface area is 109 Å². The number of hydrogen-bond acceptors (Lipinski definition) is 4. The molecular weight excluding hydrogens is 284 g/mol. The highest BCUT2D eigenvalue weighted by molar-refractivity contribution is 9.10. The molecular formula is C11H15BrN4O. The van der Waals surface area contributed by atoms with E-state index in [0.29, 0.717) is 6.61 Å². The molecule has 17 heavy (non-hydrogen) atoms. The molecule has 0 aromatic carbocycles. The third-order valence-corrected chi connectivity index (χ3v) is 3.11. The average Bonchev–Trinajstić information content (AvgIpc) is 2.75. The molecule has 2 heterocycles. The van der Waals surface area contributed by atoms with Crippen molar-refractivity contribution in [2.45, 2.75) is 13.0 Å². The van der Waals surface area contributed by atoms with Crippen molar-refractivity contribution in [1.29, 1.82) is 0 Å². The Morgan fingerprint density at radius 3 is 3.06 bits per heavy atom. The van der Waals surface area contributed by atoms with Crippen LogP contribution in [0.3, 0.4) is 0 Å². The molecule has 0 bridgehead atoms. The van der Waals surface area contributed by atoms with E-state index in [0.717, 1.165) is 16.1 Å². The second-order valence-electron chi connectivity index (χ2n) is 3.96. The molecule has 0 radical (unpaired) electrons. The van der Waals surface area contributed by atoms with E-state index in [1.54, 1.807) is 13.3 Å². The minimum atomic E-state index is 0.238. The zero-order chi connectivity index (χ0) is 12.4. The van der Waals surface area contributed by atoms with E-state index >= 15 is 0 Å². The van der Waals surface area contributed by atoms with Gasteiger partial charge in [0.15, 0.2) is 11.5 Å².